The van der Waals surface area contributed by atoms with Crippen LogP contribution in [0.25, 0.3) is 0 Å². The molecule has 1 fully saturated rings. The van der Waals surface area contributed by atoms with Crippen LogP contribution >= 0.6 is 0 Å². The topological polar surface area (TPSA) is 118 Å². The van der Waals surface area contributed by atoms with Gasteiger partial charge in [-0.15, -0.1) is 0 Å². The van der Waals surface area contributed by atoms with Gasteiger partial charge in [-0.05, 0) is 36.4 Å². The van der Waals surface area contributed by atoms with E-state index in [4.69, 9.17) is 23.7 Å². The third-order valence-electron chi connectivity index (χ3n) is 6.55. The van der Waals surface area contributed by atoms with Crippen molar-refractivity contribution in [3.05, 3.63) is 120 Å². The molecule has 0 bridgehead atoms. The molecule has 2 heterocycles. The Kier molecular flexibility index (Phi) is 8.65. The van der Waals surface area contributed by atoms with E-state index in [1.54, 1.807) is 103 Å². The number of carbonyl (C=O) groups is 3. The van der Waals surface area contributed by atoms with Crippen LogP contribution in [0.15, 0.2) is 103 Å². The Labute approximate surface area is 230 Å². The third kappa shape index (κ3) is 6.45. The maximum atomic E-state index is 13.1. The lowest BCUT2D eigenvalue weighted by atomic mass is 10.0. The molecule has 0 spiro atoms. The lowest BCUT2D eigenvalue weighted by Crippen LogP contribution is -2.46. The van der Waals surface area contributed by atoms with Gasteiger partial charge in [0.15, 0.2) is 12.2 Å². The van der Waals surface area contributed by atoms with Gasteiger partial charge in [-0.3, -0.25) is 0 Å². The monoisotopic (exact) mass is 544 g/mol. The zero-order valence-corrected chi connectivity index (χ0v) is 21.4. The van der Waals surface area contributed by atoms with Gasteiger partial charge in [0.05, 0.1) is 29.4 Å². The second-order valence-corrected chi connectivity index (χ2v) is 9.33. The van der Waals surface area contributed by atoms with Gasteiger partial charge in [0.2, 0.25) is 0 Å². The highest BCUT2D eigenvalue weighted by molar-refractivity contribution is 5.91. The number of benzene rings is 3. The minimum absolute atomic E-state index is 0.00249. The number of aliphatic hydroxyl groups is 1. The smallest absolute Gasteiger partial charge is 0.338 e. The van der Waals surface area contributed by atoms with Crippen LogP contribution in [-0.2, 0) is 23.7 Å². The molecule has 0 radical (unpaired) electrons. The minimum Gasteiger partial charge on any atom is -0.459 e. The van der Waals surface area contributed by atoms with Gasteiger partial charge in [0, 0.05) is 0 Å². The molecule has 5 rings (SSSR count). The van der Waals surface area contributed by atoms with Gasteiger partial charge in [-0.1, -0.05) is 66.7 Å². The first-order valence-corrected chi connectivity index (χ1v) is 12.9. The van der Waals surface area contributed by atoms with Gasteiger partial charge in [0.1, 0.15) is 24.9 Å². The zero-order valence-electron chi connectivity index (χ0n) is 21.4. The lowest BCUT2D eigenvalue weighted by Gasteiger charge is -2.29. The second-order valence-electron chi connectivity index (χ2n) is 9.33. The quantitative estimate of drug-likeness (QED) is 0.259. The lowest BCUT2D eigenvalue weighted by molar-refractivity contribution is -0.101. The number of rotatable bonds is 8. The van der Waals surface area contributed by atoms with Gasteiger partial charge in [-0.25, -0.2) is 14.4 Å². The Bertz CT molecular complexity index is 1330. The average Bonchev–Trinajstić information content (AvgIpc) is 3.33. The summed E-state index contributed by atoms with van der Waals surface area (Å²) in [6.45, 7) is -0.280. The molecule has 0 aliphatic carbocycles. The number of carbonyl (C=O) groups excluding carboxylic acids is 3. The maximum absolute atomic E-state index is 13.1. The first-order valence-electron chi connectivity index (χ1n) is 12.9. The van der Waals surface area contributed by atoms with Crippen LogP contribution in [0.2, 0.25) is 0 Å². The number of hydrogen-bond acceptors (Lipinski definition) is 9. The molecule has 9 nitrogen and oxygen atoms in total. The van der Waals surface area contributed by atoms with Crippen molar-refractivity contribution in [3.63, 3.8) is 0 Å². The summed E-state index contributed by atoms with van der Waals surface area (Å²) in [6.07, 6.45) is -2.53. The number of hydrogen-bond donors (Lipinski definition) is 1. The summed E-state index contributed by atoms with van der Waals surface area (Å²) in [5.74, 6) is -1.90. The Hall–Kier alpha value is -4.31. The molecule has 206 valence electrons. The summed E-state index contributed by atoms with van der Waals surface area (Å²) in [6, 6.07) is 25.2. The van der Waals surface area contributed by atoms with E-state index in [0.717, 1.165) is 0 Å². The molecule has 1 N–H and O–H groups in total. The standard InChI is InChI=1S/C31H28O9/c32-23-16-17-24(36-18-23)26-28(40-31(35)22-14-8-3-9-15-22)27(39-30(34)21-12-6-2-7-13-21)25(38-26)19-37-29(33)20-10-4-1-5-11-20/h1-17,23-28,32H,18-19H2/t23-,24+,25+,26-,27+,28-/m0/s1. The van der Waals surface area contributed by atoms with Gasteiger partial charge >= 0.3 is 17.9 Å². The van der Waals surface area contributed by atoms with E-state index in [9.17, 15) is 19.5 Å². The van der Waals surface area contributed by atoms with E-state index in [2.05, 4.69) is 0 Å². The van der Waals surface area contributed by atoms with Crippen molar-refractivity contribution in [2.45, 2.75) is 36.6 Å². The molecule has 3 aromatic carbocycles. The molecule has 0 saturated carbocycles. The molecule has 2 aliphatic heterocycles. The summed E-state index contributed by atoms with van der Waals surface area (Å²) < 4.78 is 29.3. The highest BCUT2D eigenvalue weighted by atomic mass is 16.7. The number of aliphatic hydroxyl groups excluding tert-OH is 1. The molecular weight excluding hydrogens is 516 g/mol. The average molecular weight is 545 g/mol. The Morgan fingerprint density at radius 1 is 0.700 bits per heavy atom. The third-order valence-corrected chi connectivity index (χ3v) is 6.55. The normalized spacial score (nSPS) is 25.6. The molecule has 1 saturated heterocycles. The second kappa shape index (κ2) is 12.7. The summed E-state index contributed by atoms with van der Waals surface area (Å²) in [5, 5.41) is 9.87. The van der Waals surface area contributed by atoms with E-state index in [-0.39, 0.29) is 18.8 Å². The van der Waals surface area contributed by atoms with Crippen LogP contribution in [0.4, 0.5) is 0 Å². The van der Waals surface area contributed by atoms with E-state index < -0.39 is 54.5 Å². The van der Waals surface area contributed by atoms with E-state index in [1.807, 2.05) is 0 Å². The molecule has 0 unspecified atom stereocenters. The highest BCUT2D eigenvalue weighted by Gasteiger charge is 2.53. The first-order chi connectivity index (χ1) is 19.5. The molecule has 2 aliphatic rings. The van der Waals surface area contributed by atoms with Crippen molar-refractivity contribution in [3.8, 4) is 0 Å². The first kappa shape index (κ1) is 27.3. The van der Waals surface area contributed by atoms with Crippen molar-refractivity contribution in [1.29, 1.82) is 0 Å². The zero-order chi connectivity index (χ0) is 27.9. The molecule has 3 aromatic rings. The molecular formula is C31H28O9. The maximum Gasteiger partial charge on any atom is 0.338 e. The van der Waals surface area contributed by atoms with Crippen molar-refractivity contribution >= 4 is 17.9 Å². The number of esters is 3. The Morgan fingerprint density at radius 2 is 1.20 bits per heavy atom. The van der Waals surface area contributed by atoms with E-state index >= 15 is 0 Å². The summed E-state index contributed by atoms with van der Waals surface area (Å²) in [5.41, 5.74) is 0.925. The van der Waals surface area contributed by atoms with Gasteiger partial charge in [-0.2, -0.15) is 0 Å². The van der Waals surface area contributed by atoms with Crippen molar-refractivity contribution in [1.82, 2.24) is 0 Å². The van der Waals surface area contributed by atoms with Gasteiger partial charge < -0.3 is 28.8 Å². The van der Waals surface area contributed by atoms with E-state index in [1.165, 1.54) is 0 Å². The fourth-order valence-corrected chi connectivity index (χ4v) is 4.54. The fraction of sp³-hybridized carbons (Fsp3) is 0.258. The van der Waals surface area contributed by atoms with Crippen LogP contribution in [0.5, 0.6) is 0 Å². The van der Waals surface area contributed by atoms with Crippen molar-refractivity contribution in [2.75, 3.05) is 13.2 Å². The summed E-state index contributed by atoms with van der Waals surface area (Å²) in [4.78, 5) is 38.9. The van der Waals surface area contributed by atoms with Crippen molar-refractivity contribution in [2.24, 2.45) is 0 Å². The summed E-state index contributed by atoms with van der Waals surface area (Å²) in [7, 11) is 0. The highest BCUT2D eigenvalue weighted by Crippen LogP contribution is 2.33. The van der Waals surface area contributed by atoms with Crippen LogP contribution in [0, 0.1) is 0 Å². The van der Waals surface area contributed by atoms with Crippen LogP contribution < -0.4 is 0 Å². The predicted molar refractivity (Wildman–Crippen MR) is 142 cm³/mol. The van der Waals surface area contributed by atoms with E-state index in [0.29, 0.717) is 11.1 Å². The molecule has 0 amide bonds. The van der Waals surface area contributed by atoms with Crippen molar-refractivity contribution < 1.29 is 43.2 Å². The predicted octanol–water partition coefficient (Wildman–Crippen LogP) is 3.38. The molecule has 6 atom stereocenters. The number of ether oxygens (including phenoxy) is 5. The van der Waals surface area contributed by atoms with Gasteiger partial charge in [0.25, 0.3) is 0 Å². The van der Waals surface area contributed by atoms with Crippen LogP contribution in [-0.4, -0.2) is 72.9 Å². The fourth-order valence-electron chi connectivity index (χ4n) is 4.54. The van der Waals surface area contributed by atoms with Crippen LogP contribution in [0.3, 0.4) is 0 Å². The SMILES string of the molecule is O=C(OC[C@H]1O[C@@H]([C@H]2C=C[C@H](O)CO2)[C@H](OC(=O)c2ccccc2)[C@@H]1OC(=O)c1ccccc1)c1ccccc1. The molecule has 0 aromatic heterocycles. The van der Waals surface area contributed by atoms with Crippen LogP contribution in [0.1, 0.15) is 31.1 Å². The Morgan fingerprint density at radius 3 is 1.70 bits per heavy atom. The summed E-state index contributed by atoms with van der Waals surface area (Å²) >= 11 is 0. The molecule has 9 heteroatoms. The minimum atomic E-state index is -1.14. The molecule has 40 heavy (non-hydrogen) atoms. The Balaban J connectivity index is 1.43. The largest absolute Gasteiger partial charge is 0.459 e.